The minimum Gasteiger partial charge on any atom is -0.457 e. The van der Waals surface area contributed by atoms with Crippen LogP contribution in [0.25, 0.3) is 82.0 Å². The summed E-state index contributed by atoms with van der Waals surface area (Å²) in [6, 6.07) is 60.4. The molecule has 3 aliphatic carbocycles. The molecule has 0 bridgehead atoms. The minimum absolute atomic E-state index is 0.445. The molecule has 360 valence electrons. The van der Waals surface area contributed by atoms with Crippen LogP contribution in [0.3, 0.4) is 0 Å². The van der Waals surface area contributed by atoms with Crippen molar-refractivity contribution >= 4 is 61.2 Å². The molecule has 7 heteroatoms. The van der Waals surface area contributed by atoms with Gasteiger partial charge in [0.2, 0.25) is 0 Å². The van der Waals surface area contributed by atoms with Crippen molar-refractivity contribution in [1.29, 1.82) is 0 Å². The molecule has 0 saturated heterocycles. The first kappa shape index (κ1) is 42.0. The SMILES string of the molecule is [2H]C1(c2ccc3c(c2)sc2nc4c(-c5ccc6c(c5)C(C)(C)c5cccc([Si](C)(c7ccccc7)c7ccc8c(c7)-c7ccccc7-c7ccccc7-c7cncnc7-8)c5O6)c(C5([2H])CCCC5)ccc4n23)CCCC1. The van der Waals surface area contributed by atoms with Crippen molar-refractivity contribution < 1.29 is 7.48 Å². The van der Waals surface area contributed by atoms with E-state index >= 15 is 0 Å². The smallest absolute Gasteiger partial charge is 0.195 e. The minimum atomic E-state index is -2.88. The van der Waals surface area contributed by atoms with E-state index in [1.807, 2.05) is 6.20 Å². The first-order valence-electron chi connectivity index (χ1n) is 27.6. The number of ether oxygens (including phenoxy) is 1. The zero-order chi connectivity index (χ0) is 51.1. The van der Waals surface area contributed by atoms with E-state index in [1.54, 1.807) is 17.7 Å². The number of rotatable bonds is 6. The Morgan fingerprint density at radius 3 is 2.09 bits per heavy atom. The van der Waals surface area contributed by atoms with Gasteiger partial charge >= 0.3 is 0 Å². The number of benzene rings is 8. The van der Waals surface area contributed by atoms with Gasteiger partial charge in [-0.2, -0.15) is 0 Å². The molecule has 1 unspecified atom stereocenters. The standard InChI is InChI=1S/C67H56N4OSSi/c1-67(2)55-26-15-27-61(74(3,45-20-5-4-6-21-45)46-30-31-52-53(38-46)50-24-13-11-22-48(50)49-23-12-14-25-51(49)54-39-68-40-69-63(52)54)65(55)72-59-35-29-44(36-56(59)67)62-47(42-18-9-10-19-42)32-34-58-64(62)70-66-71(58)57-33-28-43(37-60(57)73-66)41-16-7-8-17-41/h4-6,11-15,20-42H,7-10,16-19H2,1-3H3/i41D,42D. The number of nitrogens with zero attached hydrogens (tertiary/aromatic N) is 4. The lowest BCUT2D eigenvalue weighted by Gasteiger charge is -2.39. The van der Waals surface area contributed by atoms with Gasteiger partial charge in [-0.3, -0.25) is 4.40 Å². The molecule has 4 heterocycles. The van der Waals surface area contributed by atoms with E-state index in [1.165, 1.54) is 37.0 Å². The highest BCUT2D eigenvalue weighted by molar-refractivity contribution is 7.23. The summed E-state index contributed by atoms with van der Waals surface area (Å²) in [5, 5.41) is 3.82. The number of hydrogen-bond donors (Lipinski definition) is 0. The van der Waals surface area contributed by atoms with Gasteiger partial charge in [0.25, 0.3) is 0 Å². The summed E-state index contributed by atoms with van der Waals surface area (Å²) in [6.07, 6.45) is 11.5. The highest BCUT2D eigenvalue weighted by Crippen LogP contribution is 2.52. The summed E-state index contributed by atoms with van der Waals surface area (Å²) in [6.45, 7) is 7.20. The molecule has 0 N–H and O–H groups in total. The van der Waals surface area contributed by atoms with Gasteiger partial charge in [0, 0.05) is 42.2 Å². The Bertz CT molecular complexity index is 4200. The molecule has 0 spiro atoms. The Hall–Kier alpha value is -7.45. The highest BCUT2D eigenvalue weighted by atomic mass is 32.1. The second kappa shape index (κ2) is 16.8. The van der Waals surface area contributed by atoms with E-state index in [0.717, 1.165) is 146 Å². The van der Waals surface area contributed by atoms with Crippen molar-refractivity contribution in [2.45, 2.75) is 89.0 Å². The Morgan fingerprint density at radius 1 is 0.622 bits per heavy atom. The third-order valence-electron chi connectivity index (χ3n) is 17.4. The Kier molecular flexibility index (Phi) is 9.52. The highest BCUT2D eigenvalue weighted by Gasteiger charge is 2.43. The molecule has 0 radical (unpaired) electrons. The molecule has 8 aromatic carbocycles. The van der Waals surface area contributed by atoms with E-state index in [4.69, 9.17) is 14.7 Å². The van der Waals surface area contributed by atoms with E-state index in [2.05, 4.69) is 194 Å². The molecule has 11 aromatic rings. The fourth-order valence-corrected chi connectivity index (χ4v) is 18.3. The van der Waals surface area contributed by atoms with E-state index in [-0.39, 0.29) is 0 Å². The van der Waals surface area contributed by atoms with Crippen molar-refractivity contribution in [3.05, 3.63) is 199 Å². The lowest BCUT2D eigenvalue weighted by atomic mass is 9.74. The van der Waals surface area contributed by atoms with E-state index in [0.29, 0.717) is 0 Å². The Morgan fingerprint density at radius 2 is 1.32 bits per heavy atom. The van der Waals surface area contributed by atoms with E-state index < -0.39 is 25.3 Å². The van der Waals surface area contributed by atoms with E-state index in [9.17, 15) is 2.74 Å². The lowest BCUT2D eigenvalue weighted by Crippen LogP contribution is -2.65. The van der Waals surface area contributed by atoms with Crippen LogP contribution in [0.5, 0.6) is 11.5 Å². The number of aromatic nitrogens is 4. The zero-order valence-electron chi connectivity index (χ0n) is 44.0. The monoisotopic (exact) mass is 994 g/mol. The third kappa shape index (κ3) is 6.55. The fraction of sp³-hybridized carbons (Fsp3) is 0.209. The maximum absolute atomic E-state index is 10.0. The van der Waals surface area contributed by atoms with Crippen LogP contribution in [0.15, 0.2) is 176 Å². The molecular weight excluding hydrogens is 937 g/mol. The predicted octanol–water partition coefficient (Wildman–Crippen LogP) is 16.0. The Labute approximate surface area is 440 Å². The van der Waals surface area contributed by atoms with Crippen molar-refractivity contribution in [2.75, 3.05) is 0 Å². The van der Waals surface area contributed by atoms with Crippen LogP contribution in [0.1, 0.15) is 102 Å². The third-order valence-corrected chi connectivity index (χ3v) is 22.9. The van der Waals surface area contributed by atoms with Crippen LogP contribution in [0.4, 0.5) is 0 Å². The quantitative estimate of drug-likeness (QED) is 0.123. The summed E-state index contributed by atoms with van der Waals surface area (Å²) in [5.74, 6) is 0.599. The maximum atomic E-state index is 10.0. The molecule has 2 saturated carbocycles. The van der Waals surface area contributed by atoms with Gasteiger partial charge < -0.3 is 4.74 Å². The normalized spacial score (nSPS) is 17.9. The van der Waals surface area contributed by atoms with Crippen LogP contribution in [-0.4, -0.2) is 27.4 Å². The number of fused-ring (bicyclic) bond motifs is 15. The maximum Gasteiger partial charge on any atom is 0.195 e. The van der Waals surface area contributed by atoms with Gasteiger partial charge in [-0.1, -0.05) is 191 Å². The summed E-state index contributed by atoms with van der Waals surface area (Å²) in [7, 11) is -2.88. The number of thiazole rings is 1. The van der Waals surface area contributed by atoms with Crippen LogP contribution < -0.4 is 20.3 Å². The van der Waals surface area contributed by atoms with Crippen LogP contribution in [0, 0.1) is 0 Å². The average Bonchev–Trinajstić information content (AvgIpc) is 4.28. The first-order chi connectivity index (χ1) is 37.0. The fourth-order valence-electron chi connectivity index (χ4n) is 13.5. The van der Waals surface area contributed by atoms with Crippen molar-refractivity contribution in [3.8, 4) is 67.3 Å². The molecule has 0 amide bonds. The first-order valence-corrected chi connectivity index (χ1v) is 29.9. The molecule has 3 aromatic heterocycles. The van der Waals surface area contributed by atoms with Gasteiger partial charge in [-0.25, -0.2) is 15.0 Å². The summed E-state index contributed by atoms with van der Waals surface area (Å²) in [5.41, 5.74) is 18.2. The number of para-hydroxylation sites is 1. The average molecular weight is 995 g/mol. The summed E-state index contributed by atoms with van der Waals surface area (Å²) in [4.78, 5) is 16.0. The molecule has 74 heavy (non-hydrogen) atoms. The second-order valence-electron chi connectivity index (χ2n) is 21.7. The van der Waals surface area contributed by atoms with Crippen molar-refractivity contribution in [3.63, 3.8) is 0 Å². The molecular formula is C67H56N4OSSi. The van der Waals surface area contributed by atoms with Gasteiger partial charge in [0.1, 0.15) is 25.9 Å². The largest absolute Gasteiger partial charge is 0.457 e. The van der Waals surface area contributed by atoms with Crippen LogP contribution in [-0.2, 0) is 5.41 Å². The molecule has 2 fully saturated rings. The molecule has 5 nitrogen and oxygen atoms in total. The number of hydrogen-bond acceptors (Lipinski definition) is 5. The number of imidazole rings is 1. The summed E-state index contributed by atoms with van der Waals surface area (Å²) < 4.78 is 30.2. The predicted molar refractivity (Wildman–Crippen MR) is 309 cm³/mol. The molecule has 4 aliphatic rings. The zero-order valence-corrected chi connectivity index (χ0v) is 43.8. The van der Waals surface area contributed by atoms with Crippen molar-refractivity contribution in [1.82, 2.24) is 19.4 Å². The molecule has 1 aliphatic heterocycles. The van der Waals surface area contributed by atoms with Crippen LogP contribution in [0.2, 0.25) is 6.55 Å². The van der Waals surface area contributed by atoms with Crippen LogP contribution >= 0.6 is 11.3 Å². The van der Waals surface area contributed by atoms with Gasteiger partial charge in [0.15, 0.2) is 4.96 Å². The topological polar surface area (TPSA) is 52.3 Å². The van der Waals surface area contributed by atoms with Gasteiger partial charge in [-0.05, 0) is 128 Å². The summed E-state index contributed by atoms with van der Waals surface area (Å²) >= 11 is 1.72. The molecule has 15 rings (SSSR count). The Balaban J connectivity index is 0.884. The molecule has 1 atom stereocenters. The van der Waals surface area contributed by atoms with Gasteiger partial charge in [-0.15, -0.1) is 0 Å². The lowest BCUT2D eigenvalue weighted by molar-refractivity contribution is 0.421. The van der Waals surface area contributed by atoms with Crippen molar-refractivity contribution in [2.24, 2.45) is 0 Å². The van der Waals surface area contributed by atoms with Gasteiger partial charge in [0.05, 0.1) is 26.9 Å². The second-order valence-corrected chi connectivity index (χ2v) is 26.7.